The van der Waals surface area contributed by atoms with Gasteiger partial charge < -0.3 is 20.2 Å². The van der Waals surface area contributed by atoms with Crippen LogP contribution in [0, 0.1) is 23.7 Å². The summed E-state index contributed by atoms with van der Waals surface area (Å²) in [7, 11) is 0. The Hall–Kier alpha value is -1.72. The van der Waals surface area contributed by atoms with Crippen LogP contribution in [0.1, 0.15) is 427 Å². The van der Waals surface area contributed by atoms with E-state index in [1.54, 1.807) is 13.8 Å². The molecule has 4 atom stereocenters. The average Bonchev–Trinajstić information content (AvgIpc) is 3.45. The highest BCUT2D eigenvalue weighted by atomic mass is 16.2. The standard InChI is InChI=1S/C75H146N2O4/c1-7-11-15-19-33-45-57-70(61-49-37-25-23-31-43-55-68(5)78)72(59-47-35-21-17-13-9-3)63-51-39-27-29-41-53-65-74(80)76-67-77-75(81)66-54-42-30-28-40-52-64-73(60-48-36-22-18-14-10-4)71(58-46-34-20-16-12-8-2)62-50-38-26-24-32-44-56-69(6)79/h70-73H,7-67H2,1-6H3,(H,76,80)(H,77,81). The quantitative estimate of drug-likeness (QED) is 0.0469. The Morgan fingerprint density at radius 2 is 0.383 bits per heavy atom. The lowest BCUT2D eigenvalue weighted by molar-refractivity contribution is -0.123. The lowest BCUT2D eigenvalue weighted by atomic mass is 9.78. The molecule has 0 heterocycles. The Morgan fingerprint density at radius 1 is 0.222 bits per heavy atom. The molecule has 0 fully saturated rings. The van der Waals surface area contributed by atoms with Crippen LogP contribution >= 0.6 is 0 Å². The first-order chi connectivity index (χ1) is 39.7. The van der Waals surface area contributed by atoms with Gasteiger partial charge in [0.15, 0.2) is 0 Å². The van der Waals surface area contributed by atoms with Gasteiger partial charge in [0.05, 0.1) is 6.67 Å². The van der Waals surface area contributed by atoms with Crippen molar-refractivity contribution in [3.63, 3.8) is 0 Å². The van der Waals surface area contributed by atoms with Crippen molar-refractivity contribution in [3.05, 3.63) is 0 Å². The number of rotatable bonds is 68. The molecule has 6 heteroatoms. The molecule has 0 spiro atoms. The highest BCUT2D eigenvalue weighted by molar-refractivity contribution is 5.78. The van der Waals surface area contributed by atoms with Crippen LogP contribution in [0.25, 0.3) is 0 Å². The fraction of sp³-hybridized carbons (Fsp3) is 0.947. The zero-order chi connectivity index (χ0) is 59.2. The number of Topliss-reactive ketones (excluding diaryl/α,β-unsaturated/α-hetero) is 2. The van der Waals surface area contributed by atoms with Gasteiger partial charge in [-0.25, -0.2) is 0 Å². The summed E-state index contributed by atoms with van der Waals surface area (Å²) in [5.74, 6) is 4.36. The third kappa shape index (κ3) is 58.4. The van der Waals surface area contributed by atoms with Crippen LogP contribution in [-0.4, -0.2) is 30.0 Å². The van der Waals surface area contributed by atoms with Gasteiger partial charge in [-0.2, -0.15) is 0 Å². The van der Waals surface area contributed by atoms with E-state index in [0.29, 0.717) is 24.4 Å². The van der Waals surface area contributed by atoms with E-state index >= 15 is 0 Å². The fourth-order valence-electron chi connectivity index (χ4n) is 13.4. The minimum absolute atomic E-state index is 0.0637. The summed E-state index contributed by atoms with van der Waals surface area (Å²) in [4.78, 5) is 48.0. The molecule has 0 radical (unpaired) electrons. The number of carbonyl (C=O) groups excluding carboxylic acids is 4. The van der Waals surface area contributed by atoms with Crippen LogP contribution in [-0.2, 0) is 19.2 Å². The Labute approximate surface area is 507 Å². The molecule has 2 N–H and O–H groups in total. The molecule has 0 aliphatic heterocycles. The molecule has 81 heavy (non-hydrogen) atoms. The first kappa shape index (κ1) is 79.3. The van der Waals surface area contributed by atoms with E-state index in [0.717, 1.165) is 75.0 Å². The van der Waals surface area contributed by atoms with E-state index in [4.69, 9.17) is 0 Å². The van der Waals surface area contributed by atoms with Crippen molar-refractivity contribution < 1.29 is 19.2 Å². The molecule has 0 saturated carbocycles. The molecule has 6 nitrogen and oxygen atoms in total. The first-order valence-electron chi connectivity index (χ1n) is 37.2. The summed E-state index contributed by atoms with van der Waals surface area (Å²) in [6.07, 6.45) is 77.2. The van der Waals surface area contributed by atoms with E-state index in [1.807, 2.05) is 0 Å². The van der Waals surface area contributed by atoms with E-state index < -0.39 is 0 Å². The van der Waals surface area contributed by atoms with Gasteiger partial charge in [0, 0.05) is 25.7 Å². The predicted octanol–water partition coefficient (Wildman–Crippen LogP) is 24.3. The van der Waals surface area contributed by atoms with Crippen molar-refractivity contribution >= 4 is 23.4 Å². The summed E-state index contributed by atoms with van der Waals surface area (Å²) < 4.78 is 0. The number of carbonyl (C=O) groups is 4. The van der Waals surface area contributed by atoms with E-state index in [-0.39, 0.29) is 18.5 Å². The second-order valence-corrected chi connectivity index (χ2v) is 26.7. The van der Waals surface area contributed by atoms with Gasteiger partial charge in [0.2, 0.25) is 11.8 Å². The highest BCUT2D eigenvalue weighted by Crippen LogP contribution is 2.36. The predicted molar refractivity (Wildman–Crippen MR) is 356 cm³/mol. The van der Waals surface area contributed by atoms with Crippen molar-refractivity contribution in [2.24, 2.45) is 23.7 Å². The summed E-state index contributed by atoms with van der Waals surface area (Å²) in [6.45, 7) is 13.0. The van der Waals surface area contributed by atoms with Gasteiger partial charge >= 0.3 is 0 Å². The zero-order valence-electron chi connectivity index (χ0n) is 56.1. The van der Waals surface area contributed by atoms with E-state index in [1.165, 1.54) is 321 Å². The Balaban J connectivity index is 4.71. The maximum absolute atomic E-state index is 12.7. The molecule has 0 aliphatic rings. The number of nitrogens with one attached hydrogen (secondary N) is 2. The first-order valence-corrected chi connectivity index (χ1v) is 37.2. The number of hydrogen-bond acceptors (Lipinski definition) is 4. The van der Waals surface area contributed by atoms with Gasteiger partial charge in [-0.3, -0.25) is 9.59 Å². The van der Waals surface area contributed by atoms with Crippen LogP contribution in [0.2, 0.25) is 0 Å². The van der Waals surface area contributed by atoms with Crippen molar-refractivity contribution in [3.8, 4) is 0 Å². The minimum Gasteiger partial charge on any atom is -0.339 e. The van der Waals surface area contributed by atoms with Gasteiger partial charge in [-0.05, 0) is 63.2 Å². The SMILES string of the molecule is CCCCCCCCC(CCCCCCCCC(C)=O)C(CCCCCCCC)CCCCCCCCC(=O)NCNC(=O)CCCCCCCCC(CCCCCCCC)C(CCCCCCCC)CCCCCCCCC(C)=O. The zero-order valence-corrected chi connectivity index (χ0v) is 56.1. The second-order valence-electron chi connectivity index (χ2n) is 26.7. The number of ketones is 2. The van der Waals surface area contributed by atoms with Crippen LogP contribution in [0.5, 0.6) is 0 Å². The highest BCUT2D eigenvalue weighted by Gasteiger charge is 2.22. The molecular weight excluding hydrogens is 993 g/mol. The molecule has 0 bridgehead atoms. The average molecular weight is 1140 g/mol. The Morgan fingerprint density at radius 3 is 0.568 bits per heavy atom. The third-order valence-electron chi connectivity index (χ3n) is 18.8. The minimum atomic E-state index is 0.0637. The summed E-state index contributed by atoms with van der Waals surface area (Å²) in [6, 6.07) is 0. The summed E-state index contributed by atoms with van der Waals surface area (Å²) in [5.41, 5.74) is 0. The third-order valence-corrected chi connectivity index (χ3v) is 18.8. The largest absolute Gasteiger partial charge is 0.339 e. The monoisotopic (exact) mass is 1140 g/mol. The Kier molecular flexibility index (Phi) is 62.9. The lowest BCUT2D eigenvalue weighted by Crippen LogP contribution is -2.37. The number of unbranched alkanes of at least 4 members (excludes halogenated alkanes) is 40. The van der Waals surface area contributed by atoms with Crippen molar-refractivity contribution in [2.45, 2.75) is 427 Å². The lowest BCUT2D eigenvalue weighted by Gasteiger charge is -2.28. The fourth-order valence-corrected chi connectivity index (χ4v) is 13.4. The molecule has 0 aromatic rings. The maximum atomic E-state index is 12.7. The topological polar surface area (TPSA) is 92.3 Å². The van der Waals surface area contributed by atoms with Crippen molar-refractivity contribution in [1.29, 1.82) is 0 Å². The van der Waals surface area contributed by atoms with Gasteiger partial charge in [-0.15, -0.1) is 0 Å². The molecule has 2 amide bonds. The molecule has 0 rings (SSSR count). The summed E-state index contributed by atoms with van der Waals surface area (Å²) in [5, 5.41) is 5.92. The molecule has 4 unspecified atom stereocenters. The van der Waals surface area contributed by atoms with Gasteiger partial charge in [-0.1, -0.05) is 362 Å². The molecule has 480 valence electrons. The maximum Gasteiger partial charge on any atom is 0.221 e. The van der Waals surface area contributed by atoms with Gasteiger partial charge in [0.25, 0.3) is 0 Å². The normalized spacial score (nSPS) is 13.1. The van der Waals surface area contributed by atoms with Crippen LogP contribution < -0.4 is 10.6 Å². The number of amides is 2. The second kappa shape index (κ2) is 64.3. The smallest absolute Gasteiger partial charge is 0.221 e. The Bertz CT molecular complexity index is 1230. The van der Waals surface area contributed by atoms with E-state index in [2.05, 4.69) is 38.3 Å². The summed E-state index contributed by atoms with van der Waals surface area (Å²) >= 11 is 0. The van der Waals surface area contributed by atoms with Crippen LogP contribution in [0.15, 0.2) is 0 Å². The van der Waals surface area contributed by atoms with Crippen molar-refractivity contribution in [1.82, 2.24) is 10.6 Å². The van der Waals surface area contributed by atoms with Gasteiger partial charge in [0.1, 0.15) is 11.6 Å². The number of hydrogen-bond donors (Lipinski definition) is 2. The molecular formula is C75H146N2O4. The van der Waals surface area contributed by atoms with Crippen LogP contribution in [0.4, 0.5) is 0 Å². The van der Waals surface area contributed by atoms with Crippen LogP contribution in [0.3, 0.4) is 0 Å². The molecule has 0 aromatic heterocycles. The van der Waals surface area contributed by atoms with E-state index in [9.17, 15) is 19.2 Å². The van der Waals surface area contributed by atoms with Crippen molar-refractivity contribution in [2.75, 3.05) is 6.67 Å². The molecule has 0 aromatic carbocycles. The molecule has 0 saturated heterocycles. The molecule has 0 aliphatic carbocycles.